The number of rotatable bonds is 9. The number of carbonyl (C=O) groups is 3. The zero-order valence-electron chi connectivity index (χ0n) is 26.1. The summed E-state index contributed by atoms with van der Waals surface area (Å²) in [5, 5.41) is 15.0. The number of piperazine rings is 1. The number of halogens is 2. The number of nitrogens with one attached hydrogen (secondary N) is 1. The van der Waals surface area contributed by atoms with Crippen LogP contribution in [0, 0.1) is 19.7 Å². The van der Waals surface area contributed by atoms with Gasteiger partial charge in [0.25, 0.3) is 0 Å². The van der Waals surface area contributed by atoms with E-state index in [4.69, 9.17) is 26.4 Å². The molecule has 6 rings (SSSR count). The predicted octanol–water partition coefficient (Wildman–Crippen LogP) is 4.71. The van der Waals surface area contributed by atoms with Crippen LogP contribution in [0.4, 0.5) is 14.9 Å². The van der Waals surface area contributed by atoms with Crippen LogP contribution >= 0.6 is 22.9 Å². The molecule has 0 bridgehead atoms. The lowest BCUT2D eigenvalue weighted by molar-refractivity contribution is -0.137. The maximum atomic E-state index is 14.0. The number of thiazole rings is 1. The summed E-state index contributed by atoms with van der Waals surface area (Å²) >= 11 is 7.88. The third-order valence-corrected chi connectivity index (χ3v) is 9.80. The Balaban J connectivity index is 1.27. The highest BCUT2D eigenvalue weighted by Gasteiger charge is 2.43. The zero-order valence-corrected chi connectivity index (χ0v) is 27.7. The predicted molar refractivity (Wildman–Crippen MR) is 177 cm³/mol. The molecule has 14 heteroatoms. The average molecular weight is 681 g/mol. The van der Waals surface area contributed by atoms with Crippen LogP contribution in [0.15, 0.2) is 58.2 Å². The summed E-state index contributed by atoms with van der Waals surface area (Å²) in [6, 6.07) is 6.91. The number of methoxy groups -OCH3 is 1. The van der Waals surface area contributed by atoms with Gasteiger partial charge >= 0.3 is 18.0 Å². The van der Waals surface area contributed by atoms with Crippen LogP contribution in [0.1, 0.15) is 39.7 Å². The number of aromatic nitrogens is 1. The number of benzene rings is 2. The summed E-state index contributed by atoms with van der Waals surface area (Å²) < 4.78 is 19.2. The van der Waals surface area contributed by atoms with Crippen molar-refractivity contribution >= 4 is 52.4 Å². The average Bonchev–Trinajstić information content (AvgIpc) is 3.68. The summed E-state index contributed by atoms with van der Waals surface area (Å²) in [5.74, 6) is -1.47. The first-order valence-electron chi connectivity index (χ1n) is 15.2. The summed E-state index contributed by atoms with van der Waals surface area (Å²) in [6.45, 7) is 6.33. The van der Waals surface area contributed by atoms with Crippen molar-refractivity contribution in [3.05, 3.63) is 91.3 Å². The first kappa shape index (κ1) is 32.6. The van der Waals surface area contributed by atoms with Gasteiger partial charge in [-0.1, -0.05) is 29.8 Å². The van der Waals surface area contributed by atoms with Gasteiger partial charge in [0, 0.05) is 67.0 Å². The molecule has 0 radical (unpaired) electrons. The van der Waals surface area contributed by atoms with Gasteiger partial charge in [-0.2, -0.15) is 0 Å². The number of hydrogen-bond acceptors (Lipinski definition) is 9. The van der Waals surface area contributed by atoms with Crippen LogP contribution in [-0.4, -0.2) is 89.6 Å². The van der Waals surface area contributed by atoms with Crippen molar-refractivity contribution in [2.45, 2.75) is 38.8 Å². The van der Waals surface area contributed by atoms with Crippen molar-refractivity contribution in [3.8, 4) is 0 Å². The molecule has 2 amide bonds. The highest BCUT2D eigenvalue weighted by Crippen LogP contribution is 2.38. The molecule has 2 atom stereocenters. The number of anilines is 1. The van der Waals surface area contributed by atoms with Crippen molar-refractivity contribution in [1.29, 1.82) is 0 Å². The molecular formula is C33H34ClFN6O5S. The van der Waals surface area contributed by atoms with Gasteiger partial charge in [0.15, 0.2) is 10.8 Å². The molecule has 3 aliphatic rings. The summed E-state index contributed by atoms with van der Waals surface area (Å²) in [6.07, 6.45) is 2.14. The second kappa shape index (κ2) is 13.4. The molecule has 2 aromatic carbocycles. The molecular weight excluding hydrogens is 647 g/mol. The molecule has 0 aliphatic carbocycles. The Morgan fingerprint density at radius 3 is 2.60 bits per heavy atom. The minimum absolute atomic E-state index is 0.0460. The maximum absolute atomic E-state index is 14.0. The fourth-order valence-corrected chi connectivity index (χ4v) is 7.52. The summed E-state index contributed by atoms with van der Waals surface area (Å²) in [5.41, 5.74) is 4.93. The van der Waals surface area contributed by atoms with Crippen LogP contribution in [0.5, 0.6) is 0 Å². The number of esters is 1. The largest absolute Gasteiger partial charge is 0.481 e. The number of carbonyl (C=O) groups excluding carboxylic acids is 2. The van der Waals surface area contributed by atoms with Gasteiger partial charge in [0.1, 0.15) is 11.9 Å². The van der Waals surface area contributed by atoms with E-state index in [0.717, 1.165) is 22.4 Å². The number of ether oxygens (including phenoxy) is 1. The smallest absolute Gasteiger partial charge is 0.338 e. The van der Waals surface area contributed by atoms with E-state index in [1.54, 1.807) is 6.20 Å². The summed E-state index contributed by atoms with van der Waals surface area (Å²) in [7, 11) is 1.30. The van der Waals surface area contributed by atoms with Crippen LogP contribution in [0.2, 0.25) is 5.02 Å². The number of urea groups is 1. The molecule has 0 saturated carbocycles. The van der Waals surface area contributed by atoms with Gasteiger partial charge in [-0.3, -0.25) is 19.6 Å². The molecule has 3 aliphatic heterocycles. The first-order valence-corrected chi connectivity index (χ1v) is 16.4. The topological polar surface area (TPSA) is 128 Å². The standard InChI is InChI=1S/C33H34ClFN6O5S/c1-18-12-20(4-7-26(42)43)13-19(2)29(18)41-16-22-15-39(9-10-40(22)33(41)45)17-25-27(32(44)46-3)28(23-6-5-21(35)14-24(23)34)38-30(37-25)31-36-8-11-47-31/h5-6,8,11-14,22,28H,4,7,9-10,15-17H2,1-3H3,(H,37,38)(H,42,43)/t22-,28-/m0/s1. The minimum atomic E-state index is -0.861. The lowest BCUT2D eigenvalue weighted by Crippen LogP contribution is -2.53. The number of aliphatic carboxylic acids is 1. The number of fused-ring (bicyclic) bond motifs is 1. The minimum Gasteiger partial charge on any atom is -0.481 e. The lowest BCUT2D eigenvalue weighted by Gasteiger charge is -2.38. The first-order chi connectivity index (χ1) is 22.5. The number of hydrogen-bond donors (Lipinski definition) is 2. The number of aliphatic imine (C=N–C) groups is 1. The number of nitrogens with zero attached hydrogens (tertiary/aromatic N) is 5. The van der Waals surface area contributed by atoms with E-state index in [9.17, 15) is 18.8 Å². The Morgan fingerprint density at radius 2 is 1.94 bits per heavy atom. The van der Waals surface area contributed by atoms with E-state index >= 15 is 0 Å². The van der Waals surface area contributed by atoms with Crippen LogP contribution in [-0.2, 0) is 20.7 Å². The Kier molecular flexibility index (Phi) is 9.31. The van der Waals surface area contributed by atoms with E-state index in [-0.39, 0.29) is 29.1 Å². The normalized spacial score (nSPS) is 19.9. The van der Waals surface area contributed by atoms with Gasteiger partial charge < -0.3 is 20.1 Å². The second-order valence-electron chi connectivity index (χ2n) is 11.8. The number of aryl methyl sites for hydroxylation is 3. The molecule has 0 spiro atoms. The van der Waals surface area contributed by atoms with E-state index < -0.39 is 23.8 Å². The van der Waals surface area contributed by atoms with Gasteiger partial charge in [-0.15, -0.1) is 11.3 Å². The quantitative estimate of drug-likeness (QED) is 0.311. The third-order valence-electron chi connectivity index (χ3n) is 8.69. The van der Waals surface area contributed by atoms with Gasteiger partial charge in [0.2, 0.25) is 0 Å². The van der Waals surface area contributed by atoms with Crippen LogP contribution in [0.3, 0.4) is 0 Å². The fraction of sp³-hybridized carbons (Fsp3) is 0.364. The van der Waals surface area contributed by atoms with Crippen LogP contribution in [0.25, 0.3) is 0 Å². The highest BCUT2D eigenvalue weighted by molar-refractivity contribution is 7.11. The lowest BCUT2D eigenvalue weighted by atomic mass is 9.95. The molecule has 2 saturated heterocycles. The Labute approximate surface area is 280 Å². The van der Waals surface area contributed by atoms with Crippen molar-refractivity contribution in [2.24, 2.45) is 4.99 Å². The van der Waals surface area contributed by atoms with E-state index in [1.165, 1.54) is 36.6 Å². The third kappa shape index (κ3) is 6.60. The number of carboxylic acids is 1. The molecule has 4 heterocycles. The number of carboxylic acid groups (broad SMARTS) is 1. The van der Waals surface area contributed by atoms with E-state index in [2.05, 4.69) is 15.2 Å². The van der Waals surface area contributed by atoms with Gasteiger partial charge in [-0.25, -0.2) is 19.0 Å². The fourth-order valence-electron chi connectivity index (χ4n) is 6.66. The molecule has 1 aromatic heterocycles. The van der Waals surface area contributed by atoms with Gasteiger partial charge in [-0.05, 0) is 49.1 Å². The van der Waals surface area contributed by atoms with Crippen molar-refractivity contribution in [3.63, 3.8) is 0 Å². The van der Waals surface area contributed by atoms with Gasteiger partial charge in [0.05, 0.1) is 24.4 Å². The molecule has 2 fully saturated rings. The monoisotopic (exact) mass is 680 g/mol. The Bertz CT molecular complexity index is 1770. The Hall–Kier alpha value is -4.33. The van der Waals surface area contributed by atoms with E-state index in [1.807, 2.05) is 41.2 Å². The molecule has 47 heavy (non-hydrogen) atoms. The number of amidine groups is 1. The SMILES string of the molecule is COC(=O)C1=C(CN2CCN3C(=O)N(c4c(C)cc(CCC(=O)O)cc4C)C[C@@H]3C2)NC(c2nccs2)=N[C@H]1c1ccc(F)cc1Cl. The van der Waals surface area contributed by atoms with Crippen molar-refractivity contribution in [1.82, 2.24) is 20.1 Å². The number of amides is 2. The molecule has 11 nitrogen and oxygen atoms in total. The Morgan fingerprint density at radius 1 is 1.17 bits per heavy atom. The highest BCUT2D eigenvalue weighted by atomic mass is 35.5. The van der Waals surface area contributed by atoms with Crippen molar-refractivity contribution in [2.75, 3.05) is 44.7 Å². The maximum Gasteiger partial charge on any atom is 0.338 e. The molecule has 0 unspecified atom stereocenters. The van der Waals surface area contributed by atoms with E-state index in [0.29, 0.717) is 61.2 Å². The molecule has 246 valence electrons. The molecule has 2 N–H and O–H groups in total. The second-order valence-corrected chi connectivity index (χ2v) is 13.1. The van der Waals surface area contributed by atoms with Crippen molar-refractivity contribution < 1.29 is 28.6 Å². The molecule has 3 aromatic rings. The summed E-state index contributed by atoms with van der Waals surface area (Å²) in [4.78, 5) is 53.2. The van der Waals surface area contributed by atoms with Crippen LogP contribution < -0.4 is 10.2 Å². The zero-order chi connectivity index (χ0) is 33.4.